The van der Waals surface area contributed by atoms with Gasteiger partial charge in [0.1, 0.15) is 11.9 Å². The predicted octanol–water partition coefficient (Wildman–Crippen LogP) is 2.70. The monoisotopic (exact) mass is 332 g/mol. The van der Waals surface area contributed by atoms with Gasteiger partial charge in [0.25, 0.3) is 0 Å². The first-order valence-electron chi connectivity index (χ1n) is 8.22. The fourth-order valence-corrected chi connectivity index (χ4v) is 3.30. The number of rotatable bonds is 2. The van der Waals surface area contributed by atoms with Crippen molar-refractivity contribution in [3.63, 3.8) is 0 Å². The summed E-state index contributed by atoms with van der Waals surface area (Å²) in [7, 11) is 0. The number of carbonyl (C=O) groups is 1. The van der Waals surface area contributed by atoms with Crippen LogP contribution in [-0.2, 0) is 4.74 Å². The van der Waals surface area contributed by atoms with Crippen LogP contribution in [0.1, 0.15) is 50.9 Å². The number of aromatic nitrogens is 3. The molecule has 0 bridgehead atoms. The van der Waals surface area contributed by atoms with Crippen LogP contribution in [-0.4, -0.2) is 49.3 Å². The van der Waals surface area contributed by atoms with E-state index in [1.165, 1.54) is 6.33 Å². The molecule has 7 nitrogen and oxygen atoms in total. The standard InChI is InChI=1S/C17H24N4O3/c1-10-14-15(20-9-19-10)12(7-18-14)13-6-5-11(8-22)21(13)16(23)24-17(2,3)4/h7,9,11,13,18,22H,5-6,8H2,1-4H3/t11-,13+/m0/s1. The molecule has 2 atom stereocenters. The Morgan fingerprint density at radius 1 is 1.42 bits per heavy atom. The van der Waals surface area contributed by atoms with E-state index >= 15 is 0 Å². The lowest BCUT2D eigenvalue weighted by Crippen LogP contribution is -2.42. The van der Waals surface area contributed by atoms with E-state index in [4.69, 9.17) is 4.74 Å². The molecule has 0 saturated carbocycles. The molecule has 1 amide bonds. The van der Waals surface area contributed by atoms with Crippen LogP contribution in [0.5, 0.6) is 0 Å². The molecule has 3 rings (SSSR count). The van der Waals surface area contributed by atoms with Crippen molar-refractivity contribution in [2.45, 2.75) is 58.2 Å². The molecule has 0 aliphatic carbocycles. The Bertz CT molecular complexity index is 750. The summed E-state index contributed by atoms with van der Waals surface area (Å²) >= 11 is 0. The number of aliphatic hydroxyl groups excluding tert-OH is 1. The molecule has 1 fully saturated rings. The number of likely N-dealkylation sites (tertiary alicyclic amines) is 1. The number of nitrogens with zero attached hydrogens (tertiary/aromatic N) is 3. The topological polar surface area (TPSA) is 91.3 Å². The summed E-state index contributed by atoms with van der Waals surface area (Å²) in [5, 5.41) is 9.67. The normalized spacial score (nSPS) is 21.5. The predicted molar refractivity (Wildman–Crippen MR) is 89.5 cm³/mol. The summed E-state index contributed by atoms with van der Waals surface area (Å²) < 4.78 is 5.55. The molecule has 1 saturated heterocycles. The molecule has 0 aromatic carbocycles. The maximum Gasteiger partial charge on any atom is 0.411 e. The summed E-state index contributed by atoms with van der Waals surface area (Å²) in [4.78, 5) is 26.1. The third-order valence-corrected chi connectivity index (χ3v) is 4.36. The van der Waals surface area contributed by atoms with Crippen molar-refractivity contribution >= 4 is 17.1 Å². The van der Waals surface area contributed by atoms with E-state index in [1.807, 2.05) is 33.9 Å². The van der Waals surface area contributed by atoms with E-state index in [0.717, 1.165) is 35.1 Å². The van der Waals surface area contributed by atoms with Crippen molar-refractivity contribution in [2.24, 2.45) is 0 Å². The van der Waals surface area contributed by atoms with Gasteiger partial charge in [0.05, 0.1) is 35.4 Å². The first kappa shape index (κ1) is 16.7. The molecule has 0 unspecified atom stereocenters. The Hall–Kier alpha value is -2.15. The molecular formula is C17H24N4O3. The fourth-order valence-electron chi connectivity index (χ4n) is 3.30. The van der Waals surface area contributed by atoms with Crippen LogP contribution in [0.4, 0.5) is 4.79 Å². The highest BCUT2D eigenvalue weighted by Gasteiger charge is 2.40. The van der Waals surface area contributed by atoms with E-state index < -0.39 is 11.7 Å². The van der Waals surface area contributed by atoms with E-state index in [9.17, 15) is 9.90 Å². The molecule has 2 aromatic heterocycles. The summed E-state index contributed by atoms with van der Waals surface area (Å²) in [6.07, 6.45) is 4.51. The van der Waals surface area contributed by atoms with Gasteiger partial charge in [-0.15, -0.1) is 0 Å². The maximum atomic E-state index is 12.7. The van der Waals surface area contributed by atoms with Crippen LogP contribution in [0.2, 0.25) is 0 Å². The second-order valence-corrected chi connectivity index (χ2v) is 7.24. The van der Waals surface area contributed by atoms with Crippen LogP contribution < -0.4 is 0 Å². The first-order valence-corrected chi connectivity index (χ1v) is 8.22. The van der Waals surface area contributed by atoms with Gasteiger partial charge in [-0.2, -0.15) is 0 Å². The molecule has 0 radical (unpaired) electrons. The van der Waals surface area contributed by atoms with Gasteiger partial charge < -0.3 is 14.8 Å². The number of hydrogen-bond acceptors (Lipinski definition) is 5. The molecule has 1 aliphatic heterocycles. The minimum atomic E-state index is -0.580. The van der Waals surface area contributed by atoms with Gasteiger partial charge >= 0.3 is 6.09 Å². The zero-order valence-corrected chi connectivity index (χ0v) is 14.5. The van der Waals surface area contributed by atoms with Gasteiger partial charge in [0, 0.05) is 11.8 Å². The fraction of sp³-hybridized carbons (Fsp3) is 0.588. The van der Waals surface area contributed by atoms with E-state index in [1.54, 1.807) is 4.90 Å². The third kappa shape index (κ3) is 2.96. The molecule has 24 heavy (non-hydrogen) atoms. The summed E-state index contributed by atoms with van der Waals surface area (Å²) in [6.45, 7) is 7.36. The smallest absolute Gasteiger partial charge is 0.411 e. The van der Waals surface area contributed by atoms with Crippen molar-refractivity contribution in [1.29, 1.82) is 0 Å². The van der Waals surface area contributed by atoms with Crippen LogP contribution >= 0.6 is 0 Å². The van der Waals surface area contributed by atoms with Crippen LogP contribution in [0.15, 0.2) is 12.5 Å². The Morgan fingerprint density at radius 2 is 2.17 bits per heavy atom. The van der Waals surface area contributed by atoms with Crippen LogP contribution in [0.25, 0.3) is 11.0 Å². The highest BCUT2D eigenvalue weighted by atomic mass is 16.6. The van der Waals surface area contributed by atoms with Gasteiger partial charge in [-0.3, -0.25) is 4.90 Å². The average molecular weight is 332 g/mol. The number of nitrogens with one attached hydrogen (secondary N) is 1. The van der Waals surface area contributed by atoms with Crippen LogP contribution in [0, 0.1) is 6.92 Å². The number of amides is 1. The van der Waals surface area contributed by atoms with Gasteiger partial charge in [-0.05, 0) is 40.5 Å². The zero-order chi connectivity index (χ0) is 17.5. The summed E-state index contributed by atoms with van der Waals surface area (Å²) in [5.74, 6) is 0. The molecule has 2 aromatic rings. The van der Waals surface area contributed by atoms with Gasteiger partial charge in [0.2, 0.25) is 0 Å². The van der Waals surface area contributed by atoms with E-state index in [0.29, 0.717) is 0 Å². The Balaban J connectivity index is 1.98. The average Bonchev–Trinajstić information content (AvgIpc) is 3.09. The van der Waals surface area contributed by atoms with Crippen LogP contribution in [0.3, 0.4) is 0 Å². The number of aryl methyl sites for hydroxylation is 1. The number of hydrogen-bond donors (Lipinski definition) is 2. The van der Waals surface area contributed by atoms with Crippen molar-refractivity contribution in [2.75, 3.05) is 6.61 Å². The number of aromatic amines is 1. The highest BCUT2D eigenvalue weighted by molar-refractivity contribution is 5.82. The molecule has 0 spiro atoms. The van der Waals surface area contributed by atoms with Crippen molar-refractivity contribution < 1.29 is 14.6 Å². The molecule has 3 heterocycles. The number of ether oxygens (including phenoxy) is 1. The zero-order valence-electron chi connectivity index (χ0n) is 14.5. The van der Waals surface area contributed by atoms with Gasteiger partial charge in [-0.1, -0.05) is 0 Å². The number of fused-ring (bicyclic) bond motifs is 1. The SMILES string of the molecule is Cc1ncnc2c([C@H]3CC[C@@H](CO)N3C(=O)OC(C)(C)C)c[nH]c12. The van der Waals surface area contributed by atoms with Gasteiger partial charge in [0.15, 0.2) is 0 Å². The lowest BCUT2D eigenvalue weighted by Gasteiger charge is -2.31. The third-order valence-electron chi connectivity index (χ3n) is 4.36. The van der Waals surface area contributed by atoms with Crippen molar-refractivity contribution in [3.8, 4) is 0 Å². The van der Waals surface area contributed by atoms with E-state index in [-0.39, 0.29) is 18.7 Å². The molecule has 130 valence electrons. The molecular weight excluding hydrogens is 308 g/mol. The molecule has 1 aliphatic rings. The van der Waals surface area contributed by atoms with E-state index in [2.05, 4.69) is 15.0 Å². The number of H-pyrrole nitrogens is 1. The minimum Gasteiger partial charge on any atom is -0.444 e. The van der Waals surface area contributed by atoms with Crippen molar-refractivity contribution in [3.05, 3.63) is 23.8 Å². The summed E-state index contributed by atoms with van der Waals surface area (Å²) in [6, 6.07) is -0.405. The number of aliphatic hydroxyl groups is 1. The summed E-state index contributed by atoms with van der Waals surface area (Å²) in [5.41, 5.74) is 2.93. The Morgan fingerprint density at radius 3 is 2.83 bits per heavy atom. The molecule has 7 heteroatoms. The second-order valence-electron chi connectivity index (χ2n) is 7.24. The maximum absolute atomic E-state index is 12.7. The molecule has 2 N–H and O–H groups in total. The highest BCUT2D eigenvalue weighted by Crippen LogP contribution is 2.39. The Labute approximate surface area is 141 Å². The second kappa shape index (κ2) is 6.05. The first-order chi connectivity index (χ1) is 11.3. The minimum absolute atomic E-state index is 0.0773. The van der Waals surface area contributed by atoms with Crippen molar-refractivity contribution in [1.82, 2.24) is 19.9 Å². The largest absolute Gasteiger partial charge is 0.444 e. The lowest BCUT2D eigenvalue weighted by molar-refractivity contribution is 0.00880. The van der Waals surface area contributed by atoms with Gasteiger partial charge in [-0.25, -0.2) is 14.8 Å². The number of carbonyl (C=O) groups excluding carboxylic acids is 1. The lowest BCUT2D eigenvalue weighted by atomic mass is 10.1. The Kier molecular flexibility index (Phi) is 4.21. The quantitative estimate of drug-likeness (QED) is 0.882.